The van der Waals surface area contributed by atoms with Crippen LogP contribution in [0, 0.1) is 29.1 Å². The molecule has 0 bridgehead atoms. The molecule has 118 valence electrons. The molecule has 0 amide bonds. The lowest BCUT2D eigenvalue weighted by atomic mass is 9.70. The number of allylic oxidation sites excluding steroid dienone is 1. The first-order valence-electron chi connectivity index (χ1n) is 8.65. The van der Waals surface area contributed by atoms with E-state index in [4.69, 9.17) is 0 Å². The third kappa shape index (κ3) is 2.05. The molecule has 0 spiro atoms. The maximum absolute atomic E-state index is 12.2. The molecule has 2 fully saturated rings. The predicted molar refractivity (Wildman–Crippen MR) is 84.8 cm³/mol. The molecule has 5 unspecified atom stereocenters. The Morgan fingerprint density at radius 1 is 1.29 bits per heavy atom. The normalized spacial score (nSPS) is 46.8. The second-order valence-electron chi connectivity index (χ2n) is 8.65. The van der Waals surface area contributed by atoms with Gasteiger partial charge in [0, 0.05) is 6.42 Å². The fourth-order valence-corrected chi connectivity index (χ4v) is 5.59. The molecule has 1 N–H and O–H groups in total. The van der Waals surface area contributed by atoms with Crippen LogP contribution in [0.25, 0.3) is 0 Å². The molecule has 2 nitrogen and oxygen atoms in total. The topological polar surface area (TPSA) is 37.3 Å². The molecule has 2 saturated carbocycles. The van der Waals surface area contributed by atoms with E-state index in [2.05, 4.69) is 27.7 Å². The Labute approximate surface area is 129 Å². The molecule has 0 aromatic carbocycles. The largest absolute Gasteiger partial charge is 0.385 e. The van der Waals surface area contributed by atoms with Crippen molar-refractivity contribution in [3.8, 4) is 0 Å². The Bertz CT molecular complexity index is 504. The van der Waals surface area contributed by atoms with Gasteiger partial charge in [-0.05, 0) is 72.8 Å². The predicted octanol–water partition coefficient (Wildman–Crippen LogP) is 4.13. The Morgan fingerprint density at radius 3 is 2.57 bits per heavy atom. The van der Waals surface area contributed by atoms with E-state index in [-0.39, 0.29) is 17.1 Å². The second-order valence-corrected chi connectivity index (χ2v) is 8.65. The van der Waals surface area contributed by atoms with E-state index in [1.165, 1.54) is 12.8 Å². The van der Waals surface area contributed by atoms with Crippen molar-refractivity contribution >= 4 is 5.78 Å². The molecule has 0 radical (unpaired) electrons. The van der Waals surface area contributed by atoms with Crippen LogP contribution in [-0.2, 0) is 4.79 Å². The van der Waals surface area contributed by atoms with Crippen molar-refractivity contribution in [3.63, 3.8) is 0 Å². The Balaban J connectivity index is 2.04. The fraction of sp³-hybridized carbons (Fsp3) is 0.842. The zero-order valence-corrected chi connectivity index (χ0v) is 14.2. The minimum Gasteiger partial charge on any atom is -0.385 e. The van der Waals surface area contributed by atoms with Crippen molar-refractivity contribution in [2.75, 3.05) is 0 Å². The summed E-state index contributed by atoms with van der Waals surface area (Å²) < 4.78 is 0. The number of ketones is 1. The maximum atomic E-state index is 12.2. The zero-order chi connectivity index (χ0) is 15.6. The first-order chi connectivity index (χ1) is 9.69. The van der Waals surface area contributed by atoms with Crippen molar-refractivity contribution in [2.45, 2.75) is 72.3 Å². The van der Waals surface area contributed by atoms with E-state index < -0.39 is 5.60 Å². The molecular weight excluding hydrogens is 260 g/mol. The summed E-state index contributed by atoms with van der Waals surface area (Å²) >= 11 is 0. The summed E-state index contributed by atoms with van der Waals surface area (Å²) in [5.41, 5.74) is 1.36. The standard InChI is InChI=1S/C19H30O2/c1-11(2)14-6-7-18(5)9-16-13(4)17(20)10-19(16,21)12(3)8-15(14)18/h11-12,14-15,21H,6-10H2,1-5H3. The molecule has 0 saturated heterocycles. The highest BCUT2D eigenvalue weighted by Gasteiger charge is 2.56. The van der Waals surface area contributed by atoms with Gasteiger partial charge in [0.05, 0.1) is 5.60 Å². The lowest BCUT2D eigenvalue weighted by Gasteiger charge is -2.35. The van der Waals surface area contributed by atoms with Crippen LogP contribution < -0.4 is 0 Å². The SMILES string of the molecule is CC1=C2CC3(C)CCC(C(C)C)C3CC(C)C2(O)CC1=O. The van der Waals surface area contributed by atoms with Gasteiger partial charge in [0.1, 0.15) is 0 Å². The molecule has 0 aliphatic heterocycles. The summed E-state index contributed by atoms with van der Waals surface area (Å²) in [6, 6.07) is 0. The van der Waals surface area contributed by atoms with Crippen molar-refractivity contribution in [1.29, 1.82) is 0 Å². The van der Waals surface area contributed by atoms with Crippen LogP contribution in [0.3, 0.4) is 0 Å². The van der Waals surface area contributed by atoms with Gasteiger partial charge in [-0.3, -0.25) is 4.79 Å². The number of hydrogen-bond acceptors (Lipinski definition) is 2. The monoisotopic (exact) mass is 290 g/mol. The van der Waals surface area contributed by atoms with Gasteiger partial charge in [-0.2, -0.15) is 0 Å². The zero-order valence-electron chi connectivity index (χ0n) is 14.2. The van der Waals surface area contributed by atoms with E-state index in [9.17, 15) is 9.90 Å². The van der Waals surface area contributed by atoms with Crippen molar-refractivity contribution in [1.82, 2.24) is 0 Å². The molecule has 0 aromatic heterocycles. The number of fused-ring (bicyclic) bond motifs is 2. The van der Waals surface area contributed by atoms with Crippen LogP contribution in [0.15, 0.2) is 11.1 Å². The van der Waals surface area contributed by atoms with E-state index in [1.54, 1.807) is 0 Å². The molecule has 0 aromatic rings. The molecule has 3 aliphatic rings. The summed E-state index contributed by atoms with van der Waals surface area (Å²) in [7, 11) is 0. The van der Waals surface area contributed by atoms with E-state index in [0.29, 0.717) is 18.3 Å². The number of rotatable bonds is 1. The quantitative estimate of drug-likeness (QED) is 0.788. The molecule has 3 rings (SSSR count). The average Bonchev–Trinajstić information content (AvgIpc) is 2.79. The summed E-state index contributed by atoms with van der Waals surface area (Å²) in [6.45, 7) is 11.2. The van der Waals surface area contributed by atoms with Gasteiger partial charge in [-0.1, -0.05) is 27.7 Å². The fourth-order valence-electron chi connectivity index (χ4n) is 5.59. The second kappa shape index (κ2) is 4.68. The average molecular weight is 290 g/mol. The number of carbonyl (C=O) groups excluding carboxylic acids is 1. The van der Waals surface area contributed by atoms with Crippen LogP contribution in [0.2, 0.25) is 0 Å². The van der Waals surface area contributed by atoms with Crippen molar-refractivity contribution in [3.05, 3.63) is 11.1 Å². The lowest BCUT2D eigenvalue weighted by molar-refractivity contribution is -0.118. The van der Waals surface area contributed by atoms with Gasteiger partial charge < -0.3 is 5.11 Å². The Hall–Kier alpha value is -0.630. The minimum absolute atomic E-state index is 0.166. The van der Waals surface area contributed by atoms with Crippen LogP contribution in [-0.4, -0.2) is 16.5 Å². The number of carbonyl (C=O) groups is 1. The summed E-state index contributed by atoms with van der Waals surface area (Å²) in [5.74, 6) is 2.54. The van der Waals surface area contributed by atoms with Gasteiger partial charge in [0.25, 0.3) is 0 Å². The summed E-state index contributed by atoms with van der Waals surface area (Å²) in [5, 5.41) is 11.2. The molecular formula is C19H30O2. The van der Waals surface area contributed by atoms with Gasteiger partial charge in [0.15, 0.2) is 5.78 Å². The molecule has 21 heavy (non-hydrogen) atoms. The third-order valence-electron chi connectivity index (χ3n) is 7.14. The third-order valence-corrected chi connectivity index (χ3v) is 7.14. The van der Waals surface area contributed by atoms with Crippen LogP contribution in [0.4, 0.5) is 0 Å². The van der Waals surface area contributed by atoms with Crippen LogP contribution in [0.1, 0.15) is 66.7 Å². The van der Waals surface area contributed by atoms with Crippen LogP contribution in [0.5, 0.6) is 0 Å². The van der Waals surface area contributed by atoms with Crippen molar-refractivity contribution in [2.24, 2.45) is 29.1 Å². The van der Waals surface area contributed by atoms with E-state index in [1.807, 2.05) is 6.92 Å². The first-order valence-corrected chi connectivity index (χ1v) is 8.65. The van der Waals surface area contributed by atoms with Gasteiger partial charge >= 0.3 is 0 Å². The molecule has 3 aliphatic carbocycles. The number of aliphatic hydroxyl groups is 1. The smallest absolute Gasteiger partial charge is 0.161 e. The van der Waals surface area contributed by atoms with Crippen molar-refractivity contribution < 1.29 is 9.90 Å². The van der Waals surface area contributed by atoms with E-state index in [0.717, 1.165) is 29.9 Å². The van der Waals surface area contributed by atoms with Gasteiger partial charge in [0.2, 0.25) is 0 Å². The number of hydrogen-bond donors (Lipinski definition) is 1. The highest BCUT2D eigenvalue weighted by Crippen LogP contribution is 2.61. The lowest BCUT2D eigenvalue weighted by Crippen LogP contribution is -2.36. The van der Waals surface area contributed by atoms with Gasteiger partial charge in [-0.25, -0.2) is 0 Å². The molecule has 2 heteroatoms. The number of Topliss-reactive ketones (excluding diaryl/α,β-unsaturated/α-hetero) is 1. The maximum Gasteiger partial charge on any atom is 0.161 e. The minimum atomic E-state index is -0.851. The van der Waals surface area contributed by atoms with Gasteiger partial charge in [-0.15, -0.1) is 0 Å². The Kier molecular flexibility index (Phi) is 3.40. The molecule has 0 heterocycles. The summed E-state index contributed by atoms with van der Waals surface area (Å²) in [6.07, 6.45) is 4.88. The van der Waals surface area contributed by atoms with E-state index >= 15 is 0 Å². The highest BCUT2D eigenvalue weighted by molar-refractivity contribution is 6.00. The first kappa shape index (κ1) is 15.3. The highest BCUT2D eigenvalue weighted by atomic mass is 16.3. The summed E-state index contributed by atoms with van der Waals surface area (Å²) in [4.78, 5) is 12.2. The van der Waals surface area contributed by atoms with Crippen LogP contribution >= 0.6 is 0 Å². The molecule has 5 atom stereocenters. The Morgan fingerprint density at radius 2 is 1.95 bits per heavy atom.